The number of hydrogen-bond donors (Lipinski definition) is 1. The Morgan fingerprint density at radius 1 is 0.967 bits per heavy atom. The van der Waals surface area contributed by atoms with Crippen LogP contribution in [0.3, 0.4) is 0 Å². The van der Waals surface area contributed by atoms with Gasteiger partial charge in [-0.15, -0.1) is 0 Å². The average Bonchev–Trinajstić information content (AvgIpc) is 3.16. The van der Waals surface area contributed by atoms with Gasteiger partial charge in [-0.3, -0.25) is 9.69 Å². The van der Waals surface area contributed by atoms with Crippen molar-refractivity contribution in [2.45, 2.75) is 44.2 Å². The van der Waals surface area contributed by atoms with E-state index in [4.69, 9.17) is 9.84 Å². The van der Waals surface area contributed by atoms with Gasteiger partial charge in [0.2, 0.25) is 0 Å². The molecule has 1 atom stereocenters. The summed E-state index contributed by atoms with van der Waals surface area (Å²) in [6, 6.07) is 13.0. The minimum Gasteiger partial charge on any atom is -0.478 e. The molecule has 0 aromatic heterocycles. The molecule has 3 aliphatic rings. The van der Waals surface area contributed by atoms with E-state index < -0.39 is 5.97 Å². The summed E-state index contributed by atoms with van der Waals surface area (Å²) in [6.45, 7) is 2.88. The smallest absolute Gasteiger partial charge is 0.335 e. The van der Waals surface area contributed by atoms with Crippen LogP contribution < -0.4 is 4.74 Å². The van der Waals surface area contributed by atoms with Crippen LogP contribution in [0.25, 0.3) is 0 Å². The number of benzene rings is 2. The first-order chi connectivity index (χ1) is 14.6. The second-order valence-electron chi connectivity index (χ2n) is 8.52. The number of nitrogens with zero attached hydrogens (tertiary/aromatic N) is 2. The number of hydrogen-bond acceptors (Lipinski definition) is 4. The van der Waals surface area contributed by atoms with E-state index in [1.54, 1.807) is 12.1 Å². The highest BCUT2D eigenvalue weighted by atomic mass is 16.5. The number of ether oxygens (including phenoxy) is 1. The Bertz CT molecular complexity index is 968. The molecular formula is C24H26N2O4. The number of fused-ring (bicyclic) bond motifs is 1. The van der Waals surface area contributed by atoms with Crippen molar-refractivity contribution in [2.75, 3.05) is 19.6 Å². The second kappa shape index (κ2) is 7.76. The fourth-order valence-corrected chi connectivity index (χ4v) is 4.80. The Hall–Kier alpha value is -2.86. The number of carbonyl (C=O) groups is 2. The van der Waals surface area contributed by atoms with Crippen LogP contribution in [-0.2, 0) is 6.42 Å². The van der Waals surface area contributed by atoms with Crippen molar-refractivity contribution >= 4 is 11.9 Å². The third-order valence-electron chi connectivity index (χ3n) is 6.75. The summed E-state index contributed by atoms with van der Waals surface area (Å²) in [6.07, 6.45) is 5.87. The van der Waals surface area contributed by atoms with Gasteiger partial charge in [0.15, 0.2) is 0 Å². The Balaban J connectivity index is 1.27. The molecule has 2 aliphatic heterocycles. The van der Waals surface area contributed by atoms with Gasteiger partial charge in [-0.05, 0) is 73.7 Å². The maximum absolute atomic E-state index is 13.1. The first kappa shape index (κ1) is 19.1. The molecule has 0 spiro atoms. The Morgan fingerprint density at radius 2 is 1.73 bits per heavy atom. The Morgan fingerprint density at radius 3 is 2.43 bits per heavy atom. The molecule has 6 heteroatoms. The molecule has 1 amide bonds. The normalized spacial score (nSPS) is 21.9. The summed E-state index contributed by atoms with van der Waals surface area (Å²) >= 11 is 0. The quantitative estimate of drug-likeness (QED) is 0.818. The molecule has 2 aromatic carbocycles. The maximum Gasteiger partial charge on any atom is 0.335 e. The van der Waals surface area contributed by atoms with Gasteiger partial charge in [0.1, 0.15) is 11.5 Å². The molecule has 1 N–H and O–H groups in total. The van der Waals surface area contributed by atoms with Crippen LogP contribution in [-0.4, -0.2) is 58.5 Å². The van der Waals surface area contributed by atoms with Crippen LogP contribution in [0.4, 0.5) is 0 Å². The summed E-state index contributed by atoms with van der Waals surface area (Å²) < 4.78 is 5.88. The molecule has 2 fully saturated rings. The Kier molecular flexibility index (Phi) is 4.95. The summed E-state index contributed by atoms with van der Waals surface area (Å²) in [5.41, 5.74) is 2.02. The number of carboxylic acids is 1. The number of amides is 1. The van der Waals surface area contributed by atoms with Crippen molar-refractivity contribution in [3.05, 3.63) is 59.2 Å². The van der Waals surface area contributed by atoms with Gasteiger partial charge < -0.3 is 14.7 Å². The summed E-state index contributed by atoms with van der Waals surface area (Å²) in [5.74, 6) is 0.409. The minimum atomic E-state index is -0.962. The fourth-order valence-electron chi connectivity index (χ4n) is 4.80. The average molecular weight is 406 g/mol. The number of likely N-dealkylation sites (tertiary alicyclic amines) is 1. The van der Waals surface area contributed by atoms with Crippen molar-refractivity contribution in [1.29, 1.82) is 0 Å². The van der Waals surface area contributed by atoms with Crippen molar-refractivity contribution in [3.63, 3.8) is 0 Å². The zero-order valence-corrected chi connectivity index (χ0v) is 16.9. The number of rotatable bonds is 5. The van der Waals surface area contributed by atoms with E-state index in [0.29, 0.717) is 17.5 Å². The molecule has 1 aliphatic carbocycles. The first-order valence-corrected chi connectivity index (χ1v) is 10.8. The standard InChI is InChI=1S/C24H26N2O4/c27-23-22-9-8-21(30-20-6-4-16(5-7-20)24(28)29)14-17(22)10-13-26(23)19-11-12-25(15-19)18-2-1-3-18/h4-9,14,18-19H,1-3,10-13,15H2,(H,28,29)/t19-/m0/s1. The number of carbonyl (C=O) groups excluding carboxylic acids is 1. The molecule has 2 aromatic rings. The van der Waals surface area contributed by atoms with E-state index >= 15 is 0 Å². The number of carboxylic acid groups (broad SMARTS) is 1. The van der Waals surface area contributed by atoms with Crippen LogP contribution in [0, 0.1) is 0 Å². The lowest BCUT2D eigenvalue weighted by Gasteiger charge is -2.37. The van der Waals surface area contributed by atoms with Crippen molar-refractivity contribution < 1.29 is 19.4 Å². The molecule has 1 saturated carbocycles. The van der Waals surface area contributed by atoms with Crippen LogP contribution in [0.1, 0.15) is 52.0 Å². The van der Waals surface area contributed by atoms with E-state index in [-0.39, 0.29) is 11.5 Å². The second-order valence-corrected chi connectivity index (χ2v) is 8.52. The lowest BCUT2D eigenvalue weighted by Crippen LogP contribution is -2.47. The molecule has 5 rings (SSSR count). The predicted molar refractivity (Wildman–Crippen MR) is 112 cm³/mol. The lowest BCUT2D eigenvalue weighted by molar-refractivity contribution is 0.0645. The molecule has 0 bridgehead atoms. The molecule has 0 radical (unpaired) electrons. The molecule has 2 heterocycles. The highest BCUT2D eigenvalue weighted by Crippen LogP contribution is 2.32. The van der Waals surface area contributed by atoms with E-state index in [1.165, 1.54) is 31.4 Å². The summed E-state index contributed by atoms with van der Waals surface area (Å²) in [7, 11) is 0. The number of aromatic carboxylic acids is 1. The first-order valence-electron chi connectivity index (χ1n) is 10.8. The fraction of sp³-hybridized carbons (Fsp3) is 0.417. The zero-order valence-electron chi connectivity index (χ0n) is 16.9. The molecular weight excluding hydrogens is 380 g/mol. The van der Waals surface area contributed by atoms with Gasteiger partial charge in [-0.2, -0.15) is 0 Å². The third kappa shape index (κ3) is 3.56. The predicted octanol–water partition coefficient (Wildman–Crippen LogP) is 3.80. The van der Waals surface area contributed by atoms with Gasteiger partial charge in [-0.1, -0.05) is 6.42 Å². The highest BCUT2D eigenvalue weighted by Gasteiger charge is 2.37. The molecule has 156 valence electrons. The summed E-state index contributed by atoms with van der Waals surface area (Å²) in [4.78, 5) is 28.8. The van der Waals surface area contributed by atoms with Crippen molar-refractivity contribution in [2.24, 2.45) is 0 Å². The molecule has 6 nitrogen and oxygen atoms in total. The lowest BCUT2D eigenvalue weighted by atomic mass is 9.92. The monoisotopic (exact) mass is 406 g/mol. The molecule has 1 saturated heterocycles. The van der Waals surface area contributed by atoms with Crippen LogP contribution in [0.5, 0.6) is 11.5 Å². The minimum absolute atomic E-state index is 0.133. The topological polar surface area (TPSA) is 70.1 Å². The van der Waals surface area contributed by atoms with E-state index in [1.807, 2.05) is 18.2 Å². The largest absolute Gasteiger partial charge is 0.478 e. The summed E-state index contributed by atoms with van der Waals surface area (Å²) in [5, 5.41) is 9.00. The molecule has 30 heavy (non-hydrogen) atoms. The van der Waals surface area contributed by atoms with E-state index in [2.05, 4.69) is 9.80 Å². The Labute approximate surface area is 176 Å². The SMILES string of the molecule is O=C(O)c1ccc(Oc2ccc3c(c2)CCN([C@H]2CCN(C4CCC4)C2)C3=O)cc1. The maximum atomic E-state index is 13.1. The van der Waals surface area contributed by atoms with Crippen LogP contribution in [0.2, 0.25) is 0 Å². The highest BCUT2D eigenvalue weighted by molar-refractivity contribution is 5.97. The van der Waals surface area contributed by atoms with E-state index in [0.717, 1.165) is 49.6 Å². The molecule has 0 unspecified atom stereocenters. The van der Waals surface area contributed by atoms with Gasteiger partial charge >= 0.3 is 5.97 Å². The van der Waals surface area contributed by atoms with Gasteiger partial charge in [0, 0.05) is 37.3 Å². The van der Waals surface area contributed by atoms with E-state index in [9.17, 15) is 9.59 Å². The van der Waals surface area contributed by atoms with Gasteiger partial charge in [0.25, 0.3) is 5.91 Å². The zero-order chi connectivity index (χ0) is 20.7. The van der Waals surface area contributed by atoms with Crippen molar-refractivity contribution in [1.82, 2.24) is 9.80 Å². The third-order valence-corrected chi connectivity index (χ3v) is 6.75. The van der Waals surface area contributed by atoms with Gasteiger partial charge in [-0.25, -0.2) is 4.79 Å². The van der Waals surface area contributed by atoms with Crippen LogP contribution >= 0.6 is 0 Å². The van der Waals surface area contributed by atoms with Gasteiger partial charge in [0.05, 0.1) is 5.56 Å². The van der Waals surface area contributed by atoms with Crippen molar-refractivity contribution in [3.8, 4) is 11.5 Å². The van der Waals surface area contributed by atoms with Crippen LogP contribution in [0.15, 0.2) is 42.5 Å².